The number of hydrogen-bond donors (Lipinski definition) is 3. The zero-order valence-corrected chi connectivity index (χ0v) is 26.2. The van der Waals surface area contributed by atoms with Crippen LogP contribution in [0.5, 0.6) is 0 Å². The molecule has 3 rings (SSSR count). The third kappa shape index (κ3) is 8.68. The normalized spacial score (nSPS) is 26.5. The topological polar surface area (TPSA) is 162 Å². The summed E-state index contributed by atoms with van der Waals surface area (Å²) in [7, 11) is -3.41. The molecule has 2 saturated heterocycles. The summed E-state index contributed by atoms with van der Waals surface area (Å²) in [4.78, 5) is 52.3. The second-order valence-corrected chi connectivity index (χ2v) is 14.8. The maximum atomic E-state index is 13.2. The molecule has 1 saturated carbocycles. The van der Waals surface area contributed by atoms with E-state index in [0.717, 1.165) is 32.1 Å². The quantitative estimate of drug-likeness (QED) is 0.211. The van der Waals surface area contributed by atoms with Crippen molar-refractivity contribution >= 4 is 33.9 Å². The standard InChI is InChI=1S/C29H48N4O8S/c1-5-6-7-8-9-13-21-18-29(21,26(36)37)31-25(35)22-14-12-16-33(22)24(34)19-30-27(38)41-23(28(2,3)4)20-32-15-10-11-17-42(32,39)40/h9,13,21-23H,5-8,10-12,14-20H2,1-4H3,(H,30,38)(H,31,35)(H,36,37)/b13-9-/t21?,22-,23?,29+/m0/s1. The Morgan fingerprint density at radius 1 is 1.12 bits per heavy atom. The number of ether oxygens (including phenoxy) is 1. The monoisotopic (exact) mass is 612 g/mol. The fourth-order valence-corrected chi connectivity index (χ4v) is 7.11. The minimum Gasteiger partial charge on any atom is -0.479 e. The molecule has 42 heavy (non-hydrogen) atoms. The van der Waals surface area contributed by atoms with E-state index >= 15 is 0 Å². The van der Waals surface area contributed by atoms with Gasteiger partial charge in [0.15, 0.2) is 0 Å². The Hall–Kier alpha value is -2.67. The average molecular weight is 613 g/mol. The Balaban J connectivity index is 1.53. The molecule has 238 valence electrons. The van der Waals surface area contributed by atoms with E-state index in [-0.39, 0.29) is 18.2 Å². The first-order valence-electron chi connectivity index (χ1n) is 15.1. The highest BCUT2D eigenvalue weighted by atomic mass is 32.2. The molecule has 3 N–H and O–H groups in total. The molecule has 0 bridgehead atoms. The third-order valence-corrected chi connectivity index (χ3v) is 10.3. The number of carbonyl (C=O) groups excluding carboxylic acids is 3. The summed E-state index contributed by atoms with van der Waals surface area (Å²) in [5, 5.41) is 15.0. The Bertz CT molecular complexity index is 1130. The van der Waals surface area contributed by atoms with Gasteiger partial charge in [-0.2, -0.15) is 4.31 Å². The van der Waals surface area contributed by atoms with Crippen LogP contribution in [0.15, 0.2) is 12.2 Å². The number of carboxylic acid groups (broad SMARTS) is 1. The number of unbranched alkanes of at least 4 members (excludes halogenated alkanes) is 3. The van der Waals surface area contributed by atoms with Gasteiger partial charge >= 0.3 is 12.1 Å². The fraction of sp³-hybridized carbons (Fsp3) is 0.793. The molecule has 3 fully saturated rings. The predicted octanol–water partition coefficient (Wildman–Crippen LogP) is 2.64. The fourth-order valence-electron chi connectivity index (χ4n) is 5.52. The molecule has 4 atom stereocenters. The van der Waals surface area contributed by atoms with E-state index in [4.69, 9.17) is 4.74 Å². The van der Waals surface area contributed by atoms with E-state index in [9.17, 15) is 32.7 Å². The molecular formula is C29H48N4O8S. The summed E-state index contributed by atoms with van der Waals surface area (Å²) >= 11 is 0. The van der Waals surface area contributed by atoms with Crippen molar-refractivity contribution in [2.24, 2.45) is 11.3 Å². The number of likely N-dealkylation sites (tertiary alicyclic amines) is 1. The number of allylic oxidation sites excluding steroid dienone is 1. The van der Waals surface area contributed by atoms with E-state index in [1.165, 1.54) is 9.21 Å². The van der Waals surface area contributed by atoms with E-state index in [2.05, 4.69) is 17.6 Å². The van der Waals surface area contributed by atoms with Crippen LogP contribution in [0.2, 0.25) is 0 Å². The summed E-state index contributed by atoms with van der Waals surface area (Å²) in [5.41, 5.74) is -1.92. The van der Waals surface area contributed by atoms with Crippen LogP contribution in [-0.2, 0) is 29.1 Å². The van der Waals surface area contributed by atoms with Gasteiger partial charge in [-0.1, -0.05) is 52.7 Å². The lowest BCUT2D eigenvalue weighted by atomic mass is 9.89. The highest BCUT2D eigenvalue weighted by Crippen LogP contribution is 2.45. The van der Waals surface area contributed by atoms with Gasteiger partial charge in [0.05, 0.1) is 12.3 Å². The van der Waals surface area contributed by atoms with Gasteiger partial charge in [-0.15, -0.1) is 0 Å². The van der Waals surface area contributed by atoms with Crippen molar-refractivity contribution in [3.05, 3.63) is 12.2 Å². The van der Waals surface area contributed by atoms with Crippen LogP contribution in [0.3, 0.4) is 0 Å². The highest BCUT2D eigenvalue weighted by Gasteiger charge is 2.61. The Morgan fingerprint density at radius 3 is 2.50 bits per heavy atom. The molecule has 3 amide bonds. The lowest BCUT2D eigenvalue weighted by Crippen LogP contribution is -2.54. The van der Waals surface area contributed by atoms with Crippen LogP contribution in [0.1, 0.15) is 85.5 Å². The molecule has 3 aliphatic rings. The number of carbonyl (C=O) groups is 4. The second kappa shape index (κ2) is 14.2. The number of amides is 3. The first kappa shape index (κ1) is 33.8. The number of carboxylic acids is 1. The van der Waals surface area contributed by atoms with Gasteiger partial charge in [0.2, 0.25) is 21.8 Å². The number of rotatable bonds is 13. The predicted molar refractivity (Wildman–Crippen MR) is 157 cm³/mol. The Labute approximate surface area is 249 Å². The van der Waals surface area contributed by atoms with E-state index < -0.39 is 63.5 Å². The number of sulfonamides is 1. The van der Waals surface area contributed by atoms with Crippen LogP contribution in [-0.4, -0.2) is 96.2 Å². The summed E-state index contributed by atoms with van der Waals surface area (Å²) in [6.45, 7) is 7.95. The van der Waals surface area contributed by atoms with Gasteiger partial charge < -0.3 is 25.4 Å². The second-order valence-electron chi connectivity index (χ2n) is 12.7. The van der Waals surface area contributed by atoms with Crippen molar-refractivity contribution in [1.29, 1.82) is 0 Å². The molecular weight excluding hydrogens is 564 g/mol. The largest absolute Gasteiger partial charge is 0.479 e. The first-order chi connectivity index (χ1) is 19.7. The van der Waals surface area contributed by atoms with Crippen molar-refractivity contribution in [3.8, 4) is 0 Å². The van der Waals surface area contributed by atoms with E-state index in [1.54, 1.807) is 0 Å². The van der Waals surface area contributed by atoms with Crippen molar-refractivity contribution in [2.45, 2.75) is 103 Å². The van der Waals surface area contributed by atoms with Crippen LogP contribution in [0, 0.1) is 11.3 Å². The molecule has 0 aromatic carbocycles. The average Bonchev–Trinajstić information content (AvgIpc) is 3.37. The van der Waals surface area contributed by atoms with E-state index in [0.29, 0.717) is 38.8 Å². The van der Waals surface area contributed by atoms with Crippen molar-refractivity contribution in [2.75, 3.05) is 31.9 Å². The number of nitrogens with zero attached hydrogens (tertiary/aromatic N) is 2. The van der Waals surface area contributed by atoms with Gasteiger partial charge in [-0.25, -0.2) is 18.0 Å². The summed E-state index contributed by atoms with van der Waals surface area (Å²) < 4.78 is 31.9. The van der Waals surface area contributed by atoms with Gasteiger partial charge in [0.25, 0.3) is 0 Å². The van der Waals surface area contributed by atoms with Crippen LogP contribution >= 0.6 is 0 Å². The molecule has 0 aromatic rings. The Morgan fingerprint density at radius 2 is 1.86 bits per heavy atom. The van der Waals surface area contributed by atoms with Crippen molar-refractivity contribution in [3.63, 3.8) is 0 Å². The van der Waals surface area contributed by atoms with Crippen LogP contribution in [0.25, 0.3) is 0 Å². The molecule has 12 nitrogen and oxygen atoms in total. The number of nitrogens with one attached hydrogen (secondary N) is 2. The van der Waals surface area contributed by atoms with Crippen LogP contribution < -0.4 is 10.6 Å². The third-order valence-electron chi connectivity index (χ3n) is 8.38. The lowest BCUT2D eigenvalue weighted by Gasteiger charge is -2.35. The van der Waals surface area contributed by atoms with Crippen molar-refractivity contribution < 1.29 is 37.4 Å². The minimum atomic E-state index is -3.41. The molecule has 2 heterocycles. The number of hydrogen-bond acceptors (Lipinski definition) is 7. The zero-order chi connectivity index (χ0) is 31.1. The molecule has 0 radical (unpaired) electrons. The molecule has 1 aliphatic carbocycles. The molecule has 13 heteroatoms. The lowest BCUT2D eigenvalue weighted by molar-refractivity contribution is -0.145. The molecule has 2 aliphatic heterocycles. The van der Waals surface area contributed by atoms with E-state index in [1.807, 2.05) is 32.9 Å². The molecule has 0 spiro atoms. The zero-order valence-electron chi connectivity index (χ0n) is 25.4. The first-order valence-corrected chi connectivity index (χ1v) is 16.8. The van der Waals surface area contributed by atoms with Gasteiger partial charge in [0, 0.05) is 24.4 Å². The maximum absolute atomic E-state index is 13.2. The van der Waals surface area contributed by atoms with Gasteiger partial charge in [0.1, 0.15) is 24.2 Å². The highest BCUT2D eigenvalue weighted by molar-refractivity contribution is 7.89. The SMILES string of the molecule is CCCCC/C=C\C1C[C@]1(NC(=O)[C@@H]1CCCN1C(=O)CNC(=O)OC(CN1CCCCS1(=O)=O)C(C)(C)C)C(=O)O. The number of alkyl carbamates (subject to hydrolysis) is 1. The summed E-state index contributed by atoms with van der Waals surface area (Å²) in [6.07, 6.45) is 8.96. The maximum Gasteiger partial charge on any atom is 0.407 e. The van der Waals surface area contributed by atoms with Gasteiger partial charge in [-0.3, -0.25) is 9.59 Å². The number of aliphatic carboxylic acids is 1. The smallest absolute Gasteiger partial charge is 0.407 e. The van der Waals surface area contributed by atoms with Gasteiger partial charge in [-0.05, 0) is 44.9 Å². The van der Waals surface area contributed by atoms with Crippen molar-refractivity contribution in [1.82, 2.24) is 19.8 Å². The Kier molecular flexibility index (Phi) is 11.4. The van der Waals surface area contributed by atoms with Crippen LogP contribution in [0.4, 0.5) is 4.79 Å². The minimum absolute atomic E-state index is 0.0296. The molecule has 0 aromatic heterocycles. The summed E-state index contributed by atoms with van der Waals surface area (Å²) in [5.74, 6) is -2.31. The summed E-state index contributed by atoms with van der Waals surface area (Å²) in [6, 6.07) is -0.826. The molecule has 2 unspecified atom stereocenters.